The first kappa shape index (κ1) is 13.4. The van der Waals surface area contributed by atoms with E-state index in [4.69, 9.17) is 5.11 Å². The number of carboxylic acids is 1. The van der Waals surface area contributed by atoms with Crippen LogP contribution < -0.4 is 0 Å². The summed E-state index contributed by atoms with van der Waals surface area (Å²) in [6.07, 6.45) is 1.03. The lowest BCUT2D eigenvalue weighted by molar-refractivity contribution is -0.138. The molecule has 0 fully saturated rings. The first-order chi connectivity index (χ1) is 6.97. The Morgan fingerprint density at radius 3 is 2.40 bits per heavy atom. The first-order valence-corrected chi connectivity index (χ1v) is 4.58. The molecule has 1 N–H and O–H groups in total. The molecular weight excluding hydrogens is 200 g/mol. The van der Waals surface area contributed by atoms with Crippen LogP contribution in [0.3, 0.4) is 0 Å². The average Bonchev–Trinajstić information content (AvgIpc) is 2.16. The predicted molar refractivity (Wildman–Crippen MR) is 53.2 cm³/mol. The molecule has 0 unspecified atom stereocenters. The van der Waals surface area contributed by atoms with Crippen LogP contribution in [0, 0.1) is 0 Å². The van der Waals surface area contributed by atoms with Crippen molar-refractivity contribution >= 4 is 18.3 Å². The van der Waals surface area contributed by atoms with Crippen molar-refractivity contribution in [1.29, 1.82) is 0 Å². The van der Waals surface area contributed by atoms with Gasteiger partial charge in [0.15, 0.2) is 0 Å². The Morgan fingerprint density at radius 1 is 1.33 bits per heavy atom. The normalized spacial score (nSPS) is 9.47. The molecule has 0 rings (SSSR count). The Balaban J connectivity index is 3.78. The van der Waals surface area contributed by atoms with Gasteiger partial charge < -0.3 is 14.9 Å². The largest absolute Gasteiger partial charge is 0.481 e. The topological polar surface area (TPSA) is 77.9 Å². The van der Waals surface area contributed by atoms with Crippen LogP contribution >= 0.6 is 0 Å². The molecule has 6 nitrogen and oxygen atoms in total. The summed E-state index contributed by atoms with van der Waals surface area (Å²) in [6, 6.07) is 0. The summed E-state index contributed by atoms with van der Waals surface area (Å²) in [4.78, 5) is 34.5. The van der Waals surface area contributed by atoms with E-state index in [2.05, 4.69) is 0 Å². The summed E-state index contributed by atoms with van der Waals surface area (Å²) in [5.41, 5.74) is 0. The highest BCUT2D eigenvalue weighted by molar-refractivity contribution is 5.79. The Kier molecular flexibility index (Phi) is 6.08. The van der Waals surface area contributed by atoms with Crippen LogP contribution in [0.5, 0.6) is 0 Å². The molecule has 0 heterocycles. The molecular formula is C9H16N2O4. The molecule has 2 amide bonds. The van der Waals surface area contributed by atoms with Crippen molar-refractivity contribution in [3.8, 4) is 0 Å². The molecule has 86 valence electrons. The number of nitrogens with zero attached hydrogens (tertiary/aromatic N) is 2. The number of aliphatic carboxylic acids is 1. The summed E-state index contributed by atoms with van der Waals surface area (Å²) in [6.45, 7) is 0.408. The molecule has 0 aliphatic rings. The van der Waals surface area contributed by atoms with E-state index in [0.29, 0.717) is 19.4 Å². The van der Waals surface area contributed by atoms with Gasteiger partial charge in [-0.15, -0.1) is 0 Å². The van der Waals surface area contributed by atoms with Gasteiger partial charge in [0.2, 0.25) is 12.3 Å². The summed E-state index contributed by atoms with van der Waals surface area (Å²) < 4.78 is 0. The minimum Gasteiger partial charge on any atom is -0.481 e. The lowest BCUT2D eigenvalue weighted by Crippen LogP contribution is -2.36. The number of amides is 2. The molecule has 0 spiro atoms. The van der Waals surface area contributed by atoms with Crippen LogP contribution in [0.2, 0.25) is 0 Å². The van der Waals surface area contributed by atoms with Gasteiger partial charge in [0, 0.05) is 27.1 Å². The van der Waals surface area contributed by atoms with Gasteiger partial charge in [-0.2, -0.15) is 0 Å². The molecule has 0 saturated heterocycles. The zero-order valence-electron chi connectivity index (χ0n) is 8.97. The third-order valence-electron chi connectivity index (χ3n) is 1.87. The third kappa shape index (κ3) is 6.48. The number of likely N-dealkylation sites (N-methyl/N-ethyl adjacent to an activating group) is 2. The summed E-state index contributed by atoms with van der Waals surface area (Å²) >= 11 is 0. The van der Waals surface area contributed by atoms with Crippen molar-refractivity contribution in [3.63, 3.8) is 0 Å². The Bertz CT molecular complexity index is 242. The average molecular weight is 216 g/mol. The van der Waals surface area contributed by atoms with Crippen LogP contribution in [0.4, 0.5) is 0 Å². The molecule has 0 bridgehead atoms. The molecule has 0 aliphatic carbocycles. The van der Waals surface area contributed by atoms with Crippen molar-refractivity contribution in [2.24, 2.45) is 0 Å². The fourth-order valence-corrected chi connectivity index (χ4v) is 0.963. The molecule has 15 heavy (non-hydrogen) atoms. The maximum atomic E-state index is 11.4. The minimum atomic E-state index is -0.874. The second-order valence-corrected chi connectivity index (χ2v) is 3.33. The number of hydrogen-bond donors (Lipinski definition) is 1. The van der Waals surface area contributed by atoms with E-state index in [1.807, 2.05) is 0 Å². The van der Waals surface area contributed by atoms with E-state index >= 15 is 0 Å². The van der Waals surface area contributed by atoms with Crippen molar-refractivity contribution in [1.82, 2.24) is 9.80 Å². The number of carboxylic acid groups (broad SMARTS) is 1. The lowest BCUT2D eigenvalue weighted by atomic mass is 10.3. The van der Waals surface area contributed by atoms with E-state index in [9.17, 15) is 14.4 Å². The second-order valence-electron chi connectivity index (χ2n) is 3.33. The smallest absolute Gasteiger partial charge is 0.303 e. The van der Waals surface area contributed by atoms with E-state index in [1.54, 1.807) is 7.05 Å². The Hall–Kier alpha value is -1.59. The third-order valence-corrected chi connectivity index (χ3v) is 1.87. The maximum absolute atomic E-state index is 11.4. The first-order valence-electron chi connectivity index (χ1n) is 4.58. The van der Waals surface area contributed by atoms with Gasteiger partial charge in [-0.25, -0.2) is 0 Å². The van der Waals surface area contributed by atoms with E-state index < -0.39 is 5.97 Å². The van der Waals surface area contributed by atoms with Gasteiger partial charge in [0.05, 0.1) is 6.54 Å². The van der Waals surface area contributed by atoms with E-state index in [0.717, 1.165) is 0 Å². The Labute approximate surface area is 88.5 Å². The van der Waals surface area contributed by atoms with E-state index in [1.165, 1.54) is 16.8 Å². The molecule has 0 saturated carbocycles. The highest BCUT2D eigenvalue weighted by Gasteiger charge is 2.10. The number of carbonyl (C=O) groups is 3. The Morgan fingerprint density at radius 2 is 1.93 bits per heavy atom. The number of carbonyl (C=O) groups excluding carboxylic acids is 2. The van der Waals surface area contributed by atoms with Crippen molar-refractivity contribution in [3.05, 3.63) is 0 Å². The van der Waals surface area contributed by atoms with Gasteiger partial charge in [0.1, 0.15) is 0 Å². The van der Waals surface area contributed by atoms with Crippen LogP contribution in [0.15, 0.2) is 0 Å². The van der Waals surface area contributed by atoms with Crippen LogP contribution in [-0.2, 0) is 14.4 Å². The predicted octanol–water partition coefficient (Wildman–Crippen LogP) is -0.602. The zero-order chi connectivity index (χ0) is 11.8. The monoisotopic (exact) mass is 216 g/mol. The van der Waals surface area contributed by atoms with Gasteiger partial charge in [-0.1, -0.05) is 0 Å². The van der Waals surface area contributed by atoms with Crippen molar-refractivity contribution < 1.29 is 19.5 Å². The van der Waals surface area contributed by atoms with Gasteiger partial charge in [0.25, 0.3) is 0 Å². The molecule has 0 aliphatic heterocycles. The summed E-state index contributed by atoms with van der Waals surface area (Å²) in [5.74, 6) is -1.07. The highest BCUT2D eigenvalue weighted by Crippen LogP contribution is 1.94. The zero-order valence-corrected chi connectivity index (χ0v) is 8.97. The molecule has 0 atom stereocenters. The molecule has 0 aromatic rings. The molecule has 0 aromatic carbocycles. The quantitative estimate of drug-likeness (QED) is 0.576. The standard InChI is InChI=1S/C9H16N2O4/c1-10(7-12)6-8(13)11(2)5-3-4-9(14)15/h7H,3-6H2,1-2H3,(H,14,15). The fourth-order valence-electron chi connectivity index (χ4n) is 0.963. The summed E-state index contributed by atoms with van der Waals surface area (Å²) in [5, 5.41) is 8.39. The van der Waals surface area contributed by atoms with Crippen LogP contribution in [-0.4, -0.2) is 60.4 Å². The van der Waals surface area contributed by atoms with Crippen LogP contribution in [0.1, 0.15) is 12.8 Å². The number of hydrogen-bond acceptors (Lipinski definition) is 3. The second kappa shape index (κ2) is 6.80. The fraction of sp³-hybridized carbons (Fsp3) is 0.667. The van der Waals surface area contributed by atoms with Crippen molar-refractivity contribution in [2.75, 3.05) is 27.2 Å². The summed E-state index contributed by atoms with van der Waals surface area (Å²) in [7, 11) is 3.10. The van der Waals surface area contributed by atoms with Gasteiger partial charge >= 0.3 is 5.97 Å². The lowest BCUT2D eigenvalue weighted by Gasteiger charge is -2.19. The van der Waals surface area contributed by atoms with Gasteiger partial charge in [-0.05, 0) is 6.42 Å². The van der Waals surface area contributed by atoms with Crippen LogP contribution in [0.25, 0.3) is 0 Å². The molecule has 0 aromatic heterocycles. The SMILES string of the molecule is CN(C=O)CC(=O)N(C)CCCC(=O)O. The highest BCUT2D eigenvalue weighted by atomic mass is 16.4. The van der Waals surface area contributed by atoms with Crippen molar-refractivity contribution in [2.45, 2.75) is 12.8 Å². The van der Waals surface area contributed by atoms with Gasteiger partial charge in [-0.3, -0.25) is 14.4 Å². The minimum absolute atomic E-state index is 0.0209. The number of rotatable bonds is 7. The van der Waals surface area contributed by atoms with E-state index in [-0.39, 0.29) is 18.9 Å². The molecule has 6 heteroatoms. The molecule has 0 radical (unpaired) electrons. The maximum Gasteiger partial charge on any atom is 0.303 e.